The van der Waals surface area contributed by atoms with E-state index in [1.54, 1.807) is 6.92 Å². The molecule has 0 radical (unpaired) electrons. The summed E-state index contributed by atoms with van der Waals surface area (Å²) in [6, 6.07) is 9.77. The fourth-order valence-corrected chi connectivity index (χ4v) is 3.31. The van der Waals surface area contributed by atoms with E-state index in [1.807, 2.05) is 30.3 Å². The summed E-state index contributed by atoms with van der Waals surface area (Å²) in [6.07, 6.45) is 0. The highest BCUT2D eigenvalue weighted by Gasteiger charge is 2.33. The normalized spacial score (nSPS) is 14.3. The lowest BCUT2D eigenvalue weighted by molar-refractivity contribution is -0.163. The molecule has 1 aromatic carbocycles. The summed E-state index contributed by atoms with van der Waals surface area (Å²) in [5, 5.41) is 14.4. The van der Waals surface area contributed by atoms with E-state index >= 15 is 0 Å². The molecular weight excluding hydrogens is 314 g/mol. The van der Waals surface area contributed by atoms with Crippen LogP contribution in [0.1, 0.15) is 32.6 Å². The van der Waals surface area contributed by atoms with Gasteiger partial charge in [0.15, 0.2) is 5.60 Å². The van der Waals surface area contributed by atoms with Crippen LogP contribution in [0.5, 0.6) is 0 Å². The Morgan fingerprint density at radius 3 is 2.52 bits per heavy atom. The average Bonchev–Trinajstić information content (AvgIpc) is 2.88. The van der Waals surface area contributed by atoms with E-state index in [-0.39, 0.29) is 6.54 Å². The number of esters is 1. The number of aliphatic hydroxyl groups is 1. The maximum atomic E-state index is 12.2. The van der Waals surface area contributed by atoms with Crippen LogP contribution < -0.4 is 5.32 Å². The summed E-state index contributed by atoms with van der Waals surface area (Å²) in [5.74, 6) is -0.976. The van der Waals surface area contributed by atoms with Crippen molar-refractivity contribution in [3.05, 3.63) is 35.2 Å². The number of benzene rings is 1. The molecule has 124 valence electrons. The number of carbonyl (C=O) groups is 2. The minimum Gasteiger partial charge on any atom is -0.450 e. The monoisotopic (exact) mass is 335 g/mol. The number of carbonyl (C=O) groups excluding carboxylic acids is 2. The molecular formula is C17H21NO4S. The molecule has 2 N–H and O–H groups in total. The van der Waals surface area contributed by atoms with Gasteiger partial charge in [-0.1, -0.05) is 18.2 Å². The fourth-order valence-electron chi connectivity index (χ4n) is 2.21. The molecule has 0 spiro atoms. The Kier molecular flexibility index (Phi) is 4.77. The first kappa shape index (κ1) is 17.4. The first-order valence-corrected chi connectivity index (χ1v) is 8.13. The van der Waals surface area contributed by atoms with Crippen molar-refractivity contribution in [1.29, 1.82) is 0 Å². The van der Waals surface area contributed by atoms with E-state index in [2.05, 4.69) is 5.32 Å². The zero-order valence-corrected chi connectivity index (χ0v) is 14.5. The molecule has 0 aliphatic heterocycles. The Labute approximate surface area is 139 Å². The summed E-state index contributed by atoms with van der Waals surface area (Å²) >= 11 is 1.49. The fraction of sp³-hybridized carbons (Fsp3) is 0.412. The molecule has 0 saturated heterocycles. The van der Waals surface area contributed by atoms with Gasteiger partial charge in [0.2, 0.25) is 0 Å². The molecule has 2 rings (SSSR count). The van der Waals surface area contributed by atoms with Crippen molar-refractivity contribution < 1.29 is 19.4 Å². The molecule has 0 saturated carbocycles. The SMILES string of the molecule is CC(=O)OC(C)(C)C(=O)NC[C@@](C)(O)c1cc2ccccc2s1. The van der Waals surface area contributed by atoms with Crippen molar-refractivity contribution in [2.45, 2.75) is 38.9 Å². The van der Waals surface area contributed by atoms with Gasteiger partial charge in [-0.25, -0.2) is 0 Å². The smallest absolute Gasteiger partial charge is 0.303 e. The van der Waals surface area contributed by atoms with Gasteiger partial charge in [0.1, 0.15) is 5.60 Å². The lowest BCUT2D eigenvalue weighted by Gasteiger charge is -2.27. The predicted octanol–water partition coefficient (Wildman–Crippen LogP) is 2.57. The summed E-state index contributed by atoms with van der Waals surface area (Å²) < 4.78 is 6.07. The number of rotatable bonds is 5. The van der Waals surface area contributed by atoms with Crippen molar-refractivity contribution in [1.82, 2.24) is 5.32 Å². The van der Waals surface area contributed by atoms with Gasteiger partial charge >= 0.3 is 5.97 Å². The van der Waals surface area contributed by atoms with Gasteiger partial charge < -0.3 is 15.2 Å². The first-order chi connectivity index (χ1) is 10.6. The van der Waals surface area contributed by atoms with E-state index in [1.165, 1.54) is 32.1 Å². The third-order valence-corrected chi connectivity index (χ3v) is 4.86. The number of nitrogens with one attached hydrogen (secondary N) is 1. The lowest BCUT2D eigenvalue weighted by Crippen LogP contribution is -2.49. The van der Waals surface area contributed by atoms with Gasteiger partial charge in [0, 0.05) is 16.5 Å². The minimum atomic E-state index is -1.28. The third-order valence-electron chi connectivity index (χ3n) is 3.50. The maximum absolute atomic E-state index is 12.2. The van der Waals surface area contributed by atoms with E-state index in [9.17, 15) is 14.7 Å². The lowest BCUT2D eigenvalue weighted by atomic mass is 10.0. The van der Waals surface area contributed by atoms with Crippen LogP contribution in [0.4, 0.5) is 0 Å². The summed E-state index contributed by atoms with van der Waals surface area (Å²) in [4.78, 5) is 24.0. The van der Waals surface area contributed by atoms with E-state index in [0.29, 0.717) is 0 Å². The number of hydrogen-bond donors (Lipinski definition) is 2. The zero-order valence-electron chi connectivity index (χ0n) is 13.7. The Morgan fingerprint density at radius 1 is 1.26 bits per heavy atom. The molecule has 1 atom stereocenters. The van der Waals surface area contributed by atoms with Gasteiger partial charge in [0.05, 0.1) is 6.54 Å². The molecule has 0 aliphatic carbocycles. The third kappa shape index (κ3) is 4.09. The molecule has 2 aromatic rings. The van der Waals surface area contributed by atoms with E-state index in [4.69, 9.17) is 4.74 Å². The second-order valence-corrected chi connectivity index (χ2v) is 7.29. The van der Waals surface area contributed by atoms with Gasteiger partial charge in [-0.2, -0.15) is 0 Å². The number of amides is 1. The quantitative estimate of drug-likeness (QED) is 0.824. The van der Waals surface area contributed by atoms with Gasteiger partial charge in [-0.3, -0.25) is 9.59 Å². The molecule has 6 heteroatoms. The standard InChI is InChI=1S/C17H21NO4S/c1-11(19)22-16(2,3)15(20)18-10-17(4,21)14-9-12-7-5-6-8-13(12)23-14/h5-9,21H,10H2,1-4H3,(H,18,20)/t17-/m1/s1. The van der Waals surface area contributed by atoms with Crippen LogP contribution in [0.3, 0.4) is 0 Å². The highest BCUT2D eigenvalue weighted by molar-refractivity contribution is 7.19. The molecule has 5 nitrogen and oxygen atoms in total. The predicted molar refractivity (Wildman–Crippen MR) is 90.3 cm³/mol. The van der Waals surface area contributed by atoms with Crippen LogP contribution in [-0.2, 0) is 19.9 Å². The molecule has 1 heterocycles. The topological polar surface area (TPSA) is 75.6 Å². The van der Waals surface area contributed by atoms with Crippen LogP contribution >= 0.6 is 11.3 Å². The minimum absolute atomic E-state index is 0.0311. The number of thiophene rings is 1. The second kappa shape index (κ2) is 6.29. The van der Waals surface area contributed by atoms with Gasteiger partial charge in [-0.15, -0.1) is 11.3 Å². The first-order valence-electron chi connectivity index (χ1n) is 7.31. The molecule has 0 bridgehead atoms. The van der Waals surface area contributed by atoms with E-state index < -0.39 is 23.1 Å². The van der Waals surface area contributed by atoms with Crippen molar-refractivity contribution in [3.8, 4) is 0 Å². The van der Waals surface area contributed by atoms with Crippen LogP contribution in [-0.4, -0.2) is 29.1 Å². The Bertz CT molecular complexity index is 700. The molecule has 23 heavy (non-hydrogen) atoms. The highest BCUT2D eigenvalue weighted by Crippen LogP contribution is 2.32. The van der Waals surface area contributed by atoms with Gasteiger partial charge in [0.25, 0.3) is 5.91 Å². The van der Waals surface area contributed by atoms with Gasteiger partial charge in [-0.05, 0) is 38.3 Å². The number of hydrogen-bond acceptors (Lipinski definition) is 5. The highest BCUT2D eigenvalue weighted by atomic mass is 32.1. The summed E-state index contributed by atoms with van der Waals surface area (Å²) in [7, 11) is 0. The maximum Gasteiger partial charge on any atom is 0.303 e. The van der Waals surface area contributed by atoms with Crippen LogP contribution in [0.25, 0.3) is 10.1 Å². The largest absolute Gasteiger partial charge is 0.450 e. The van der Waals surface area contributed by atoms with E-state index in [0.717, 1.165) is 15.0 Å². The van der Waals surface area contributed by atoms with Crippen LogP contribution in [0, 0.1) is 0 Å². The van der Waals surface area contributed by atoms with Crippen LogP contribution in [0.2, 0.25) is 0 Å². The average molecular weight is 335 g/mol. The molecule has 1 aromatic heterocycles. The van der Waals surface area contributed by atoms with Crippen molar-refractivity contribution in [3.63, 3.8) is 0 Å². The van der Waals surface area contributed by atoms with Crippen LogP contribution in [0.15, 0.2) is 30.3 Å². The Hall–Kier alpha value is -1.92. The second-order valence-electron chi connectivity index (χ2n) is 6.21. The Morgan fingerprint density at radius 2 is 1.91 bits per heavy atom. The number of fused-ring (bicyclic) bond motifs is 1. The molecule has 0 aliphatic rings. The summed E-state index contributed by atoms with van der Waals surface area (Å²) in [6.45, 7) is 5.96. The Balaban J connectivity index is 2.09. The molecule has 1 amide bonds. The molecule has 0 fully saturated rings. The van der Waals surface area contributed by atoms with Crippen molar-refractivity contribution >= 4 is 33.3 Å². The zero-order chi connectivity index (χ0) is 17.3. The summed E-state index contributed by atoms with van der Waals surface area (Å²) in [5.41, 5.74) is -2.48. The molecule has 0 unspecified atom stereocenters. The van der Waals surface area contributed by atoms with Crippen molar-refractivity contribution in [2.75, 3.05) is 6.54 Å². The van der Waals surface area contributed by atoms with Crippen molar-refractivity contribution in [2.24, 2.45) is 0 Å². The number of ether oxygens (including phenoxy) is 1.